The molecule has 0 fully saturated rings. The normalized spacial score (nSPS) is 11.8. The Bertz CT molecular complexity index is 604. The number of aliphatic hydroxyl groups is 1. The summed E-state index contributed by atoms with van der Waals surface area (Å²) in [5.74, 6) is 1.50. The number of allylic oxidation sites excluding steroid dienone is 1. The van der Waals surface area contributed by atoms with E-state index in [-0.39, 0.29) is 6.10 Å². The molecule has 4 heteroatoms. The predicted octanol–water partition coefficient (Wildman–Crippen LogP) is 13.6. The first-order chi connectivity index (χ1) is 22.9. The zero-order chi connectivity index (χ0) is 35.1. The van der Waals surface area contributed by atoms with E-state index in [1.807, 2.05) is 6.92 Å². The molecule has 0 aromatic rings. The first-order valence-electron chi connectivity index (χ1n) is 21.2. The smallest absolute Gasteiger partial charge is 0.132 e. The molecule has 282 valence electrons. The molecule has 0 aliphatic rings. The van der Waals surface area contributed by atoms with E-state index in [0.717, 1.165) is 57.4 Å². The SMILES string of the molecule is C=C(CCCC)OC(CCCCCCCC)CCCCCCCC.CCCCCCC(=O)CCCCCCCCCNCCC(C)O. The number of rotatable bonds is 37. The fourth-order valence-corrected chi connectivity index (χ4v) is 6.00. The molecule has 0 aliphatic carbocycles. The number of hydrogen-bond donors (Lipinski definition) is 2. The highest BCUT2D eigenvalue weighted by Crippen LogP contribution is 2.20. The molecule has 0 saturated heterocycles. The molecule has 47 heavy (non-hydrogen) atoms. The topological polar surface area (TPSA) is 58.6 Å². The van der Waals surface area contributed by atoms with Crippen molar-refractivity contribution in [3.63, 3.8) is 0 Å². The van der Waals surface area contributed by atoms with Crippen molar-refractivity contribution in [3.8, 4) is 0 Å². The third-order valence-corrected chi connectivity index (χ3v) is 9.26. The molecule has 0 aromatic heterocycles. The van der Waals surface area contributed by atoms with Crippen molar-refractivity contribution in [1.29, 1.82) is 0 Å². The summed E-state index contributed by atoms with van der Waals surface area (Å²) in [6, 6.07) is 0. The summed E-state index contributed by atoms with van der Waals surface area (Å²) in [6.45, 7) is 17.0. The van der Waals surface area contributed by atoms with Crippen molar-refractivity contribution in [2.75, 3.05) is 13.1 Å². The molecule has 0 amide bonds. The van der Waals surface area contributed by atoms with E-state index in [1.54, 1.807) is 0 Å². The molecular formula is C43H87NO3. The van der Waals surface area contributed by atoms with E-state index >= 15 is 0 Å². The number of hydrogen-bond acceptors (Lipinski definition) is 4. The largest absolute Gasteiger partial charge is 0.495 e. The predicted molar refractivity (Wildman–Crippen MR) is 209 cm³/mol. The fraction of sp³-hybridized carbons (Fsp3) is 0.930. The van der Waals surface area contributed by atoms with Crippen LogP contribution in [0.25, 0.3) is 0 Å². The zero-order valence-electron chi connectivity index (χ0n) is 33.0. The number of Topliss-reactive ketones (excluding diaryl/α,β-unsaturated/α-hetero) is 1. The van der Waals surface area contributed by atoms with Gasteiger partial charge in [0.25, 0.3) is 0 Å². The highest BCUT2D eigenvalue weighted by molar-refractivity contribution is 5.78. The van der Waals surface area contributed by atoms with Crippen LogP contribution in [0.2, 0.25) is 0 Å². The first-order valence-corrected chi connectivity index (χ1v) is 21.2. The van der Waals surface area contributed by atoms with Crippen LogP contribution >= 0.6 is 0 Å². The van der Waals surface area contributed by atoms with E-state index in [2.05, 4.69) is 39.6 Å². The number of nitrogens with one attached hydrogen (secondary N) is 1. The van der Waals surface area contributed by atoms with E-state index < -0.39 is 0 Å². The number of ketones is 1. The quantitative estimate of drug-likeness (QED) is 0.0512. The minimum Gasteiger partial charge on any atom is -0.495 e. The number of aliphatic hydroxyl groups excluding tert-OH is 1. The van der Waals surface area contributed by atoms with Gasteiger partial charge in [-0.2, -0.15) is 0 Å². The number of carbonyl (C=O) groups excluding carboxylic acids is 1. The molecule has 4 nitrogen and oxygen atoms in total. The lowest BCUT2D eigenvalue weighted by Crippen LogP contribution is -2.20. The molecule has 1 atom stereocenters. The molecular weight excluding hydrogens is 578 g/mol. The average Bonchev–Trinajstić information content (AvgIpc) is 3.05. The Morgan fingerprint density at radius 2 is 0.936 bits per heavy atom. The van der Waals surface area contributed by atoms with Crippen LogP contribution in [0.5, 0.6) is 0 Å². The van der Waals surface area contributed by atoms with Gasteiger partial charge in [0.05, 0.1) is 18.0 Å². The van der Waals surface area contributed by atoms with Crippen molar-refractivity contribution in [3.05, 3.63) is 12.3 Å². The van der Waals surface area contributed by atoms with Crippen LogP contribution in [0.3, 0.4) is 0 Å². The lowest BCUT2D eigenvalue weighted by Gasteiger charge is -2.21. The van der Waals surface area contributed by atoms with E-state index in [0.29, 0.717) is 11.9 Å². The second kappa shape index (κ2) is 41.3. The molecule has 0 heterocycles. The molecule has 0 aromatic carbocycles. The fourth-order valence-electron chi connectivity index (χ4n) is 6.00. The summed E-state index contributed by atoms with van der Waals surface area (Å²) in [4.78, 5) is 11.7. The molecule has 2 N–H and O–H groups in total. The molecule has 0 bridgehead atoms. The molecule has 0 spiro atoms. The van der Waals surface area contributed by atoms with Gasteiger partial charge in [0.1, 0.15) is 5.78 Å². The van der Waals surface area contributed by atoms with Gasteiger partial charge in [-0.3, -0.25) is 4.79 Å². The first kappa shape index (κ1) is 48.2. The lowest BCUT2D eigenvalue weighted by atomic mass is 10.0. The average molecular weight is 666 g/mol. The Kier molecular flexibility index (Phi) is 42.4. The zero-order valence-corrected chi connectivity index (χ0v) is 33.0. The van der Waals surface area contributed by atoms with Crippen molar-refractivity contribution in [2.24, 2.45) is 0 Å². The van der Waals surface area contributed by atoms with Crippen LogP contribution in [0.15, 0.2) is 12.3 Å². The molecule has 0 radical (unpaired) electrons. The van der Waals surface area contributed by atoms with Gasteiger partial charge in [-0.1, -0.05) is 156 Å². The van der Waals surface area contributed by atoms with Crippen molar-refractivity contribution in [2.45, 2.75) is 246 Å². The van der Waals surface area contributed by atoms with Gasteiger partial charge in [-0.25, -0.2) is 0 Å². The summed E-state index contributed by atoms with van der Waals surface area (Å²) in [6.07, 6.45) is 38.6. The maximum absolute atomic E-state index is 11.7. The summed E-state index contributed by atoms with van der Waals surface area (Å²) >= 11 is 0. The van der Waals surface area contributed by atoms with Crippen molar-refractivity contribution >= 4 is 5.78 Å². The Balaban J connectivity index is 0. The van der Waals surface area contributed by atoms with Crippen LogP contribution in [0.1, 0.15) is 234 Å². The van der Waals surface area contributed by atoms with Crippen LogP contribution in [-0.2, 0) is 9.53 Å². The van der Waals surface area contributed by atoms with E-state index in [9.17, 15) is 4.79 Å². The van der Waals surface area contributed by atoms with Gasteiger partial charge in [0.15, 0.2) is 0 Å². The molecule has 0 rings (SSSR count). The number of unbranched alkanes of at least 4 members (excludes halogenated alkanes) is 20. The monoisotopic (exact) mass is 666 g/mol. The minimum atomic E-state index is -0.189. The molecule has 0 saturated carbocycles. The van der Waals surface area contributed by atoms with Gasteiger partial charge in [0.2, 0.25) is 0 Å². The second-order valence-electron chi connectivity index (χ2n) is 14.5. The summed E-state index contributed by atoms with van der Waals surface area (Å²) in [7, 11) is 0. The van der Waals surface area contributed by atoms with E-state index in [4.69, 9.17) is 9.84 Å². The van der Waals surface area contributed by atoms with Gasteiger partial charge in [-0.15, -0.1) is 0 Å². The van der Waals surface area contributed by atoms with Crippen LogP contribution in [0.4, 0.5) is 0 Å². The third-order valence-electron chi connectivity index (χ3n) is 9.26. The minimum absolute atomic E-state index is 0.189. The Morgan fingerprint density at radius 3 is 1.40 bits per heavy atom. The standard InChI is InChI=1S/C23H46O.C20H41NO2/c1-5-8-11-13-15-17-20-23(24-22(4)19-10-7-3)21-18-16-14-12-9-6-2;1-3-4-5-11-14-20(23)15-12-9-7-6-8-10-13-17-21-18-16-19(2)22/h23H,4-21H2,1-3H3;19,21-22H,3-18H2,1-2H3. The summed E-state index contributed by atoms with van der Waals surface area (Å²) in [5.41, 5.74) is 0. The van der Waals surface area contributed by atoms with Gasteiger partial charge in [0, 0.05) is 19.3 Å². The maximum Gasteiger partial charge on any atom is 0.132 e. The van der Waals surface area contributed by atoms with Gasteiger partial charge < -0.3 is 15.2 Å². The Hall–Kier alpha value is -0.870. The molecule has 0 aliphatic heterocycles. The van der Waals surface area contributed by atoms with Crippen molar-refractivity contribution in [1.82, 2.24) is 5.32 Å². The van der Waals surface area contributed by atoms with Gasteiger partial charge in [-0.05, 0) is 77.8 Å². The Labute approximate surface area is 296 Å². The number of carbonyl (C=O) groups is 1. The number of ether oxygens (including phenoxy) is 1. The van der Waals surface area contributed by atoms with Crippen LogP contribution in [-0.4, -0.2) is 36.2 Å². The lowest BCUT2D eigenvalue weighted by molar-refractivity contribution is -0.119. The highest BCUT2D eigenvalue weighted by atomic mass is 16.5. The van der Waals surface area contributed by atoms with Gasteiger partial charge >= 0.3 is 0 Å². The summed E-state index contributed by atoms with van der Waals surface area (Å²) < 4.78 is 6.21. The summed E-state index contributed by atoms with van der Waals surface area (Å²) in [5, 5.41) is 12.5. The maximum atomic E-state index is 11.7. The van der Waals surface area contributed by atoms with Crippen LogP contribution in [0, 0.1) is 0 Å². The van der Waals surface area contributed by atoms with Crippen LogP contribution < -0.4 is 5.32 Å². The third kappa shape index (κ3) is 43.1. The molecule has 1 unspecified atom stereocenters. The highest BCUT2D eigenvalue weighted by Gasteiger charge is 2.11. The Morgan fingerprint density at radius 1 is 0.532 bits per heavy atom. The van der Waals surface area contributed by atoms with Crippen molar-refractivity contribution < 1.29 is 14.6 Å². The second-order valence-corrected chi connectivity index (χ2v) is 14.5. The van der Waals surface area contributed by atoms with E-state index in [1.165, 1.54) is 161 Å².